The van der Waals surface area contributed by atoms with Gasteiger partial charge in [0, 0.05) is 12.0 Å². The zero-order chi connectivity index (χ0) is 11.7. The van der Waals surface area contributed by atoms with Gasteiger partial charge in [0.05, 0.1) is 24.2 Å². The van der Waals surface area contributed by atoms with E-state index in [2.05, 4.69) is 10.4 Å². The van der Waals surface area contributed by atoms with Crippen molar-refractivity contribution in [2.45, 2.75) is 31.1 Å². The summed E-state index contributed by atoms with van der Waals surface area (Å²) in [5.74, 6) is 8.41. The van der Waals surface area contributed by atoms with Crippen LogP contribution < -0.4 is 11.3 Å². The van der Waals surface area contributed by atoms with Crippen LogP contribution in [0.15, 0.2) is 0 Å². The van der Waals surface area contributed by atoms with E-state index in [1.165, 1.54) is 18.6 Å². The smallest absolute Gasteiger partial charge is 0.149 e. The third-order valence-corrected chi connectivity index (χ3v) is 4.57. The van der Waals surface area contributed by atoms with Crippen LogP contribution in [0.4, 0.5) is 5.82 Å². The topological polar surface area (TPSA) is 73.1 Å². The van der Waals surface area contributed by atoms with Gasteiger partial charge in [0.25, 0.3) is 0 Å². The van der Waals surface area contributed by atoms with Crippen molar-refractivity contribution in [3.8, 4) is 0 Å². The van der Waals surface area contributed by atoms with E-state index in [1.807, 2.05) is 11.8 Å². The summed E-state index contributed by atoms with van der Waals surface area (Å²) < 4.78 is 5.42. The summed E-state index contributed by atoms with van der Waals surface area (Å²) in [4.78, 5) is 9.23. The Labute approximate surface area is 105 Å². The number of rotatable bonds is 2. The molecule has 0 radical (unpaired) electrons. The highest BCUT2D eigenvalue weighted by Crippen LogP contribution is 2.39. The van der Waals surface area contributed by atoms with Gasteiger partial charge in [-0.25, -0.2) is 15.8 Å². The summed E-state index contributed by atoms with van der Waals surface area (Å²) in [6.07, 6.45) is 3.28. The predicted molar refractivity (Wildman–Crippen MR) is 67.6 cm³/mol. The molecule has 3 N–H and O–H groups in total. The molecule has 17 heavy (non-hydrogen) atoms. The number of nitrogens with one attached hydrogen (secondary N) is 1. The molecule has 6 heteroatoms. The number of aromatic nitrogens is 2. The van der Waals surface area contributed by atoms with Gasteiger partial charge in [0.1, 0.15) is 11.6 Å². The fraction of sp³-hybridized carbons (Fsp3) is 0.636. The van der Waals surface area contributed by atoms with Crippen LogP contribution >= 0.6 is 11.8 Å². The van der Waals surface area contributed by atoms with Crippen LogP contribution in [0.2, 0.25) is 0 Å². The van der Waals surface area contributed by atoms with E-state index in [9.17, 15) is 0 Å². The van der Waals surface area contributed by atoms with Crippen LogP contribution in [-0.2, 0) is 17.8 Å². The fourth-order valence-electron chi connectivity index (χ4n) is 2.30. The SMILES string of the molecule is NNc1nc(C2CCCS2)nc2c1COCC2. The minimum absolute atomic E-state index is 0.440. The minimum atomic E-state index is 0.440. The van der Waals surface area contributed by atoms with Crippen LogP contribution in [0, 0.1) is 0 Å². The highest BCUT2D eigenvalue weighted by molar-refractivity contribution is 7.99. The molecule has 0 bridgehead atoms. The molecule has 0 aromatic carbocycles. The summed E-state index contributed by atoms with van der Waals surface area (Å²) in [5, 5.41) is 0.440. The second-order valence-corrected chi connectivity index (χ2v) is 5.61. The Kier molecular flexibility index (Phi) is 3.17. The number of fused-ring (bicyclic) bond motifs is 1. The van der Waals surface area contributed by atoms with Crippen molar-refractivity contribution < 1.29 is 4.74 Å². The molecular weight excluding hydrogens is 236 g/mol. The van der Waals surface area contributed by atoms with Gasteiger partial charge in [-0.15, -0.1) is 0 Å². The Bertz CT molecular complexity index is 403. The zero-order valence-corrected chi connectivity index (χ0v) is 10.4. The lowest BCUT2D eigenvalue weighted by Crippen LogP contribution is -2.20. The van der Waals surface area contributed by atoms with E-state index >= 15 is 0 Å². The molecule has 2 aliphatic rings. The molecule has 0 aliphatic carbocycles. The monoisotopic (exact) mass is 252 g/mol. The maximum absolute atomic E-state index is 5.54. The van der Waals surface area contributed by atoms with Crippen LogP contribution in [0.1, 0.15) is 35.2 Å². The molecule has 3 heterocycles. The first-order valence-electron chi connectivity index (χ1n) is 5.94. The first-order chi connectivity index (χ1) is 8.38. The molecule has 1 aromatic rings. The van der Waals surface area contributed by atoms with Gasteiger partial charge in [0.15, 0.2) is 0 Å². The van der Waals surface area contributed by atoms with E-state index in [1.54, 1.807) is 0 Å². The lowest BCUT2D eigenvalue weighted by Gasteiger charge is -2.20. The molecule has 92 valence electrons. The maximum Gasteiger partial charge on any atom is 0.149 e. The Morgan fingerprint density at radius 1 is 1.41 bits per heavy atom. The number of hydrogen-bond acceptors (Lipinski definition) is 6. The number of ether oxygens (including phenoxy) is 1. The number of hydrazine groups is 1. The van der Waals surface area contributed by atoms with E-state index in [4.69, 9.17) is 15.6 Å². The van der Waals surface area contributed by atoms with Crippen molar-refractivity contribution in [1.29, 1.82) is 0 Å². The third-order valence-electron chi connectivity index (χ3n) is 3.19. The summed E-state index contributed by atoms with van der Waals surface area (Å²) in [6, 6.07) is 0. The number of thioether (sulfide) groups is 1. The molecule has 5 nitrogen and oxygen atoms in total. The van der Waals surface area contributed by atoms with Gasteiger partial charge in [-0.2, -0.15) is 11.8 Å². The van der Waals surface area contributed by atoms with Crippen molar-refractivity contribution >= 4 is 17.6 Å². The normalized spacial score (nSPS) is 23.5. The number of nitrogens with zero attached hydrogens (tertiary/aromatic N) is 2. The maximum atomic E-state index is 5.54. The molecule has 2 aliphatic heterocycles. The standard InChI is InChI=1S/C11H16N4OS/c12-15-10-7-6-16-4-3-8(7)13-11(14-10)9-2-1-5-17-9/h9H,1-6,12H2,(H,13,14,15). The summed E-state index contributed by atoms with van der Waals surface area (Å²) in [7, 11) is 0. The molecule has 0 amide bonds. The van der Waals surface area contributed by atoms with E-state index in [0.717, 1.165) is 35.9 Å². The fourth-order valence-corrected chi connectivity index (χ4v) is 3.50. The van der Waals surface area contributed by atoms with Crippen LogP contribution in [0.3, 0.4) is 0 Å². The highest BCUT2D eigenvalue weighted by atomic mass is 32.2. The first-order valence-corrected chi connectivity index (χ1v) is 6.99. The Morgan fingerprint density at radius 2 is 2.35 bits per heavy atom. The number of anilines is 1. The molecule has 1 aromatic heterocycles. The average Bonchev–Trinajstić information content (AvgIpc) is 2.91. The van der Waals surface area contributed by atoms with Crippen molar-refractivity contribution in [3.63, 3.8) is 0 Å². The summed E-state index contributed by atoms with van der Waals surface area (Å²) in [5.41, 5.74) is 4.80. The second-order valence-electron chi connectivity index (χ2n) is 4.30. The van der Waals surface area contributed by atoms with Crippen molar-refractivity contribution in [3.05, 3.63) is 17.1 Å². The first kappa shape index (κ1) is 11.3. The van der Waals surface area contributed by atoms with Crippen molar-refractivity contribution in [1.82, 2.24) is 9.97 Å². The zero-order valence-electron chi connectivity index (χ0n) is 9.61. The lowest BCUT2D eigenvalue weighted by molar-refractivity contribution is 0.109. The Balaban J connectivity index is 1.99. The van der Waals surface area contributed by atoms with Gasteiger partial charge in [-0.3, -0.25) is 0 Å². The molecule has 3 rings (SSSR count). The Hall–Kier alpha value is -0.850. The lowest BCUT2D eigenvalue weighted by atomic mass is 10.1. The quantitative estimate of drug-likeness (QED) is 0.612. The average molecular weight is 252 g/mol. The third kappa shape index (κ3) is 2.12. The van der Waals surface area contributed by atoms with Gasteiger partial charge < -0.3 is 10.2 Å². The summed E-state index contributed by atoms with van der Waals surface area (Å²) >= 11 is 1.94. The van der Waals surface area contributed by atoms with Crippen molar-refractivity contribution in [2.75, 3.05) is 17.8 Å². The summed E-state index contributed by atoms with van der Waals surface area (Å²) in [6.45, 7) is 1.30. The predicted octanol–water partition coefficient (Wildman–Crippen LogP) is 1.40. The van der Waals surface area contributed by atoms with E-state index in [0.29, 0.717) is 11.9 Å². The largest absolute Gasteiger partial charge is 0.376 e. The molecule has 1 unspecified atom stereocenters. The van der Waals surface area contributed by atoms with Crippen LogP contribution in [0.25, 0.3) is 0 Å². The van der Waals surface area contributed by atoms with Gasteiger partial charge in [-0.1, -0.05) is 0 Å². The highest BCUT2D eigenvalue weighted by Gasteiger charge is 2.24. The van der Waals surface area contributed by atoms with Gasteiger partial charge >= 0.3 is 0 Å². The van der Waals surface area contributed by atoms with Gasteiger partial charge in [0.2, 0.25) is 0 Å². The minimum Gasteiger partial charge on any atom is -0.376 e. The molecule has 1 atom stereocenters. The van der Waals surface area contributed by atoms with Crippen LogP contribution in [-0.4, -0.2) is 22.3 Å². The second kappa shape index (κ2) is 4.80. The molecule has 1 fully saturated rings. The van der Waals surface area contributed by atoms with E-state index in [-0.39, 0.29) is 0 Å². The van der Waals surface area contributed by atoms with Gasteiger partial charge in [-0.05, 0) is 18.6 Å². The molecule has 0 saturated carbocycles. The number of nitrogen functional groups attached to an aromatic ring is 1. The molecular formula is C11H16N4OS. The molecule has 1 saturated heterocycles. The van der Waals surface area contributed by atoms with Crippen molar-refractivity contribution in [2.24, 2.45) is 5.84 Å². The number of nitrogens with two attached hydrogens (primary N) is 1. The molecule has 0 spiro atoms. The number of hydrogen-bond donors (Lipinski definition) is 2. The van der Waals surface area contributed by atoms with E-state index < -0.39 is 0 Å². The van der Waals surface area contributed by atoms with Crippen LogP contribution in [0.5, 0.6) is 0 Å². The Morgan fingerprint density at radius 3 is 3.12 bits per heavy atom.